The molecule has 60 valence electrons. The average Bonchev–Trinajstić information content (AvgIpc) is 2.49. The van der Waals surface area contributed by atoms with E-state index in [0.29, 0.717) is 17.5 Å². The normalized spacial score (nSPS) is 10.3. The Hall–Kier alpha value is -1.91. The molecule has 2 aromatic heterocycles. The summed E-state index contributed by atoms with van der Waals surface area (Å²) in [5.74, 6) is 0. The van der Waals surface area contributed by atoms with Gasteiger partial charge in [-0.05, 0) is 12.1 Å². The number of nitrogens with zero attached hydrogens (tertiary/aromatic N) is 2. The molecule has 0 aliphatic carbocycles. The first-order valence-corrected chi connectivity index (χ1v) is 3.33. The SMILES string of the molecule is O=Cc1ccc2c(=O)[nH]cnn12. The van der Waals surface area contributed by atoms with Crippen molar-refractivity contribution in [3.05, 3.63) is 34.5 Å². The highest BCUT2D eigenvalue weighted by atomic mass is 16.1. The monoisotopic (exact) mass is 163 g/mol. The van der Waals surface area contributed by atoms with Gasteiger partial charge in [-0.3, -0.25) is 9.59 Å². The lowest BCUT2D eigenvalue weighted by atomic mass is 10.5. The van der Waals surface area contributed by atoms with Gasteiger partial charge in [0.05, 0.1) is 0 Å². The highest BCUT2D eigenvalue weighted by molar-refractivity contribution is 5.75. The first-order chi connectivity index (χ1) is 5.83. The fourth-order valence-corrected chi connectivity index (χ4v) is 1.05. The standard InChI is InChI=1S/C7H5N3O2/c11-3-5-1-2-6-7(12)8-4-9-10(5)6/h1-4H,(H,8,9,12). The molecule has 0 bridgehead atoms. The summed E-state index contributed by atoms with van der Waals surface area (Å²) in [7, 11) is 0. The fourth-order valence-electron chi connectivity index (χ4n) is 1.05. The van der Waals surface area contributed by atoms with Gasteiger partial charge in [-0.2, -0.15) is 5.10 Å². The van der Waals surface area contributed by atoms with Gasteiger partial charge >= 0.3 is 0 Å². The molecular formula is C7H5N3O2. The molecule has 0 aromatic carbocycles. The highest BCUT2D eigenvalue weighted by Crippen LogP contribution is 1.99. The minimum atomic E-state index is -0.252. The first-order valence-electron chi connectivity index (χ1n) is 3.33. The van der Waals surface area contributed by atoms with Crippen molar-refractivity contribution in [1.82, 2.24) is 14.6 Å². The van der Waals surface area contributed by atoms with Crippen LogP contribution in [0.5, 0.6) is 0 Å². The van der Waals surface area contributed by atoms with E-state index in [0.717, 1.165) is 0 Å². The zero-order chi connectivity index (χ0) is 8.55. The lowest BCUT2D eigenvalue weighted by molar-refractivity contribution is 0.111. The molecule has 12 heavy (non-hydrogen) atoms. The van der Waals surface area contributed by atoms with Gasteiger partial charge in [-0.1, -0.05) is 0 Å². The van der Waals surface area contributed by atoms with Gasteiger partial charge in [0.25, 0.3) is 5.56 Å². The van der Waals surface area contributed by atoms with Crippen molar-refractivity contribution in [2.45, 2.75) is 0 Å². The largest absolute Gasteiger partial charge is 0.310 e. The maximum atomic E-state index is 11.1. The molecule has 2 heterocycles. The van der Waals surface area contributed by atoms with Crippen LogP contribution in [0.15, 0.2) is 23.3 Å². The lowest BCUT2D eigenvalue weighted by Crippen LogP contribution is -2.11. The van der Waals surface area contributed by atoms with Gasteiger partial charge in [0.15, 0.2) is 6.29 Å². The molecule has 0 atom stereocenters. The fraction of sp³-hybridized carbons (Fsp3) is 0. The summed E-state index contributed by atoms with van der Waals surface area (Å²) < 4.78 is 1.30. The number of fused-ring (bicyclic) bond motifs is 1. The number of hydrogen-bond donors (Lipinski definition) is 1. The van der Waals surface area contributed by atoms with Crippen molar-refractivity contribution in [3.63, 3.8) is 0 Å². The maximum absolute atomic E-state index is 11.1. The van der Waals surface area contributed by atoms with E-state index in [-0.39, 0.29) is 5.56 Å². The summed E-state index contributed by atoms with van der Waals surface area (Å²) in [4.78, 5) is 23.9. The average molecular weight is 163 g/mol. The summed E-state index contributed by atoms with van der Waals surface area (Å²) >= 11 is 0. The lowest BCUT2D eigenvalue weighted by Gasteiger charge is -1.91. The van der Waals surface area contributed by atoms with Crippen LogP contribution in [-0.2, 0) is 0 Å². The Labute approximate surface area is 66.6 Å². The Kier molecular flexibility index (Phi) is 1.30. The number of H-pyrrole nitrogens is 1. The van der Waals surface area contributed by atoms with Crippen molar-refractivity contribution >= 4 is 11.8 Å². The predicted molar refractivity (Wildman–Crippen MR) is 41.2 cm³/mol. The third kappa shape index (κ3) is 0.763. The number of aldehydes is 1. The topological polar surface area (TPSA) is 67.2 Å². The van der Waals surface area contributed by atoms with Crippen LogP contribution in [-0.4, -0.2) is 20.9 Å². The zero-order valence-electron chi connectivity index (χ0n) is 6.02. The van der Waals surface area contributed by atoms with Crippen LogP contribution in [0.3, 0.4) is 0 Å². The number of rotatable bonds is 1. The third-order valence-corrected chi connectivity index (χ3v) is 1.61. The van der Waals surface area contributed by atoms with Gasteiger partial charge in [-0.15, -0.1) is 0 Å². The number of nitrogens with one attached hydrogen (secondary N) is 1. The van der Waals surface area contributed by atoms with E-state index in [2.05, 4.69) is 10.1 Å². The van der Waals surface area contributed by atoms with E-state index in [1.807, 2.05) is 0 Å². The van der Waals surface area contributed by atoms with E-state index >= 15 is 0 Å². The van der Waals surface area contributed by atoms with Gasteiger partial charge in [0.1, 0.15) is 17.5 Å². The molecule has 0 aliphatic heterocycles. The predicted octanol–water partition coefficient (Wildman–Crippen LogP) is -0.165. The Morgan fingerprint density at radius 3 is 3.08 bits per heavy atom. The molecule has 5 nitrogen and oxygen atoms in total. The van der Waals surface area contributed by atoms with E-state index in [1.54, 1.807) is 12.1 Å². The molecule has 0 saturated carbocycles. The van der Waals surface area contributed by atoms with Crippen molar-refractivity contribution in [2.75, 3.05) is 0 Å². The zero-order valence-corrected chi connectivity index (χ0v) is 6.02. The number of aromatic amines is 1. The molecule has 0 amide bonds. The molecule has 1 N–H and O–H groups in total. The number of carbonyl (C=O) groups is 1. The van der Waals surface area contributed by atoms with Crippen molar-refractivity contribution in [3.8, 4) is 0 Å². The van der Waals surface area contributed by atoms with Crippen LogP contribution >= 0.6 is 0 Å². The van der Waals surface area contributed by atoms with E-state index in [9.17, 15) is 9.59 Å². The van der Waals surface area contributed by atoms with Crippen LogP contribution in [0, 0.1) is 0 Å². The summed E-state index contributed by atoms with van der Waals surface area (Å²) in [6.07, 6.45) is 1.90. The summed E-state index contributed by atoms with van der Waals surface area (Å²) in [5.41, 5.74) is 0.494. The Bertz CT molecular complexity index is 483. The van der Waals surface area contributed by atoms with Crippen molar-refractivity contribution in [2.24, 2.45) is 0 Å². The van der Waals surface area contributed by atoms with Crippen LogP contribution in [0.25, 0.3) is 5.52 Å². The Balaban J connectivity index is 2.98. The van der Waals surface area contributed by atoms with Crippen molar-refractivity contribution in [1.29, 1.82) is 0 Å². The molecular weight excluding hydrogens is 158 g/mol. The van der Waals surface area contributed by atoms with Crippen LogP contribution in [0.4, 0.5) is 0 Å². The summed E-state index contributed by atoms with van der Waals surface area (Å²) in [6.45, 7) is 0. The maximum Gasteiger partial charge on any atom is 0.275 e. The van der Waals surface area contributed by atoms with Crippen LogP contribution in [0.2, 0.25) is 0 Å². The summed E-state index contributed by atoms with van der Waals surface area (Å²) in [6, 6.07) is 3.10. The van der Waals surface area contributed by atoms with E-state index in [4.69, 9.17) is 0 Å². The van der Waals surface area contributed by atoms with Gasteiger partial charge < -0.3 is 4.98 Å². The third-order valence-electron chi connectivity index (χ3n) is 1.61. The number of carbonyl (C=O) groups excluding carboxylic acids is 1. The first kappa shape index (κ1) is 6.78. The van der Waals surface area contributed by atoms with Gasteiger partial charge in [0, 0.05) is 0 Å². The molecule has 0 spiro atoms. The smallest absolute Gasteiger partial charge is 0.275 e. The molecule has 2 rings (SSSR count). The molecule has 0 aliphatic rings. The van der Waals surface area contributed by atoms with Gasteiger partial charge in [-0.25, -0.2) is 4.52 Å². The molecule has 5 heteroatoms. The van der Waals surface area contributed by atoms with Crippen LogP contribution in [0.1, 0.15) is 10.5 Å². The minimum Gasteiger partial charge on any atom is -0.310 e. The highest BCUT2D eigenvalue weighted by Gasteiger charge is 2.02. The second kappa shape index (κ2) is 2.30. The molecule has 0 unspecified atom stereocenters. The van der Waals surface area contributed by atoms with E-state index in [1.165, 1.54) is 10.8 Å². The minimum absolute atomic E-state index is 0.252. The molecule has 0 fully saturated rings. The second-order valence-electron chi connectivity index (χ2n) is 2.29. The Morgan fingerprint density at radius 1 is 1.50 bits per heavy atom. The van der Waals surface area contributed by atoms with Crippen molar-refractivity contribution < 1.29 is 4.79 Å². The molecule has 0 saturated heterocycles. The molecule has 0 radical (unpaired) electrons. The number of aromatic nitrogens is 3. The second-order valence-corrected chi connectivity index (χ2v) is 2.29. The van der Waals surface area contributed by atoms with Gasteiger partial charge in [0.2, 0.25) is 0 Å². The van der Waals surface area contributed by atoms with E-state index < -0.39 is 0 Å². The molecule has 2 aromatic rings. The Morgan fingerprint density at radius 2 is 2.33 bits per heavy atom. The van der Waals surface area contributed by atoms with Crippen LogP contribution < -0.4 is 5.56 Å². The summed E-state index contributed by atoms with van der Waals surface area (Å²) in [5, 5.41) is 3.80. The quantitative estimate of drug-likeness (QED) is 0.594. The number of hydrogen-bond acceptors (Lipinski definition) is 3.